The van der Waals surface area contributed by atoms with E-state index in [4.69, 9.17) is 4.47 Å². The molecule has 7 heteroatoms. The van der Waals surface area contributed by atoms with Gasteiger partial charge in [-0.05, 0) is 0 Å². The van der Waals surface area contributed by atoms with E-state index in [9.17, 15) is 0 Å². The predicted molar refractivity (Wildman–Crippen MR) is 101 cm³/mol. The van der Waals surface area contributed by atoms with Crippen molar-refractivity contribution in [2.75, 3.05) is 14.1 Å². The molecule has 2 aromatic carbocycles. The summed E-state index contributed by atoms with van der Waals surface area (Å²) in [5, 5.41) is 4.44. The molecule has 2 aromatic rings. The second-order valence-electron chi connectivity index (χ2n) is 4.65. The van der Waals surface area contributed by atoms with Crippen molar-refractivity contribution in [2.45, 2.75) is 0 Å². The van der Waals surface area contributed by atoms with E-state index in [1.54, 1.807) is 0 Å². The summed E-state index contributed by atoms with van der Waals surface area (Å²) in [4.78, 5) is 0. The summed E-state index contributed by atoms with van der Waals surface area (Å²) in [6.45, 7) is 0. The Balaban J connectivity index is 2.18. The molecule has 1 fully saturated rings. The van der Waals surface area contributed by atoms with E-state index in [2.05, 4.69) is 76.6 Å². The van der Waals surface area contributed by atoms with Crippen molar-refractivity contribution in [1.29, 1.82) is 0 Å². The SMILES string of the molecule is CN/N=C1\[S][Sn]([c]2ccccc2)([c]2ccccc2)\[S]1=N\NC. The number of nitrogens with zero attached hydrogens (tertiary/aromatic N) is 2. The molecule has 1 saturated heterocycles. The first kappa shape index (κ1) is 16.0. The zero-order chi connectivity index (χ0) is 15.4. The van der Waals surface area contributed by atoms with Crippen molar-refractivity contribution in [3.05, 3.63) is 60.7 Å². The van der Waals surface area contributed by atoms with Crippen molar-refractivity contribution in [1.82, 2.24) is 10.9 Å². The van der Waals surface area contributed by atoms with Gasteiger partial charge in [0.2, 0.25) is 0 Å². The summed E-state index contributed by atoms with van der Waals surface area (Å²) in [7, 11) is 5.53. The Hall–Kier alpha value is -0.831. The van der Waals surface area contributed by atoms with E-state index < -0.39 is 15.6 Å². The zero-order valence-corrected chi connectivity index (χ0v) is 17.0. The van der Waals surface area contributed by atoms with E-state index >= 15 is 0 Å². The van der Waals surface area contributed by atoms with E-state index in [1.807, 2.05) is 23.0 Å². The van der Waals surface area contributed by atoms with E-state index in [-0.39, 0.29) is 7.88 Å². The molecule has 0 bridgehead atoms. The number of hydrogen-bond acceptors (Lipinski definition) is 4. The van der Waals surface area contributed by atoms with E-state index in [0.29, 0.717) is 0 Å². The number of benzene rings is 2. The molecule has 0 aliphatic carbocycles. The van der Waals surface area contributed by atoms with Crippen LogP contribution < -0.4 is 18.0 Å². The molecular weight excluding hydrogens is 419 g/mol. The maximum atomic E-state index is 4.72. The van der Waals surface area contributed by atoms with Gasteiger partial charge in [-0.3, -0.25) is 0 Å². The van der Waals surface area contributed by atoms with Crippen LogP contribution in [-0.2, 0) is 7.88 Å². The Morgan fingerprint density at radius 2 is 1.41 bits per heavy atom. The van der Waals surface area contributed by atoms with E-state index in [0.717, 1.165) is 4.38 Å². The first-order chi connectivity index (χ1) is 10.8. The summed E-state index contributed by atoms with van der Waals surface area (Å²) in [6, 6.07) is 21.7. The molecule has 1 aliphatic rings. The fourth-order valence-electron chi connectivity index (χ4n) is 2.47. The molecule has 22 heavy (non-hydrogen) atoms. The van der Waals surface area contributed by atoms with Crippen LogP contribution in [-0.4, -0.2) is 34.1 Å². The normalized spacial score (nSPS) is 21.5. The Labute approximate surface area is 138 Å². The number of rotatable bonds is 4. The molecule has 0 amide bonds. The van der Waals surface area contributed by atoms with Crippen molar-refractivity contribution in [3.8, 4) is 0 Å². The predicted octanol–water partition coefficient (Wildman–Crippen LogP) is 1.42. The molecule has 0 saturated carbocycles. The average Bonchev–Trinajstić information content (AvgIpc) is 2.58. The van der Waals surface area contributed by atoms with Crippen LogP contribution in [0.15, 0.2) is 70.2 Å². The fraction of sp³-hybridized carbons (Fsp3) is 0.133. The monoisotopic (exact) mass is 438 g/mol. The van der Waals surface area contributed by atoms with Crippen LogP contribution in [0.3, 0.4) is 0 Å². The zero-order valence-electron chi connectivity index (χ0n) is 12.5. The van der Waals surface area contributed by atoms with Crippen LogP contribution >= 0.6 is 8.95 Å². The first-order valence-corrected chi connectivity index (χ1v) is 18.8. The van der Waals surface area contributed by atoms with Crippen LogP contribution in [0.1, 0.15) is 0 Å². The third-order valence-corrected chi connectivity index (χ3v) is 37.1. The number of hydrogen-bond donors (Lipinski definition) is 2. The quantitative estimate of drug-likeness (QED) is 0.562. The van der Waals surface area contributed by atoms with Gasteiger partial charge >= 0.3 is 139 Å². The minimum absolute atomic E-state index is 0.158. The second kappa shape index (κ2) is 7.16. The van der Waals surface area contributed by atoms with Gasteiger partial charge in [0.15, 0.2) is 0 Å². The topological polar surface area (TPSA) is 48.8 Å². The Morgan fingerprint density at radius 3 is 1.86 bits per heavy atom. The molecular formula is C15H18N4S2Sn. The number of hydrazone groups is 1. The molecule has 1 unspecified atom stereocenters. The maximum absolute atomic E-state index is 4.72. The van der Waals surface area contributed by atoms with Gasteiger partial charge < -0.3 is 0 Å². The minimum atomic E-state index is -2.92. The van der Waals surface area contributed by atoms with Gasteiger partial charge in [-0.25, -0.2) is 0 Å². The molecule has 2 N–H and O–H groups in total. The first-order valence-electron chi connectivity index (χ1n) is 6.99. The summed E-state index contributed by atoms with van der Waals surface area (Å²) >= 11 is -2.92. The molecule has 1 aliphatic heterocycles. The van der Waals surface area contributed by atoms with Gasteiger partial charge in [0.25, 0.3) is 0 Å². The molecule has 0 spiro atoms. The van der Waals surface area contributed by atoms with Crippen LogP contribution in [0, 0.1) is 0 Å². The number of nitrogens with one attached hydrogen (secondary N) is 2. The van der Waals surface area contributed by atoms with Crippen LogP contribution in [0.25, 0.3) is 0 Å². The third-order valence-electron chi connectivity index (χ3n) is 3.36. The standard InChI is InChI=1S/2C6H5.C3H8N4S2.Sn/c2*1-2-4-6-5-3-1;1-4-6-3(8)9-7-5-2;/h2*1-5H;1-2H3,(H2-,4,5,6,7,8);. The van der Waals surface area contributed by atoms with Gasteiger partial charge in [-0.15, -0.1) is 0 Å². The Morgan fingerprint density at radius 1 is 0.864 bits per heavy atom. The van der Waals surface area contributed by atoms with Gasteiger partial charge in [-0.1, -0.05) is 0 Å². The van der Waals surface area contributed by atoms with Gasteiger partial charge in [0.1, 0.15) is 0 Å². The average molecular weight is 437 g/mol. The molecule has 4 nitrogen and oxygen atoms in total. The van der Waals surface area contributed by atoms with Crippen molar-refractivity contribution < 1.29 is 0 Å². The van der Waals surface area contributed by atoms with Crippen molar-refractivity contribution >= 4 is 44.0 Å². The molecule has 1 heterocycles. The van der Waals surface area contributed by atoms with Gasteiger partial charge in [0.05, 0.1) is 0 Å². The Kier molecular flexibility index (Phi) is 5.22. The van der Waals surface area contributed by atoms with Crippen LogP contribution in [0.4, 0.5) is 0 Å². The van der Waals surface area contributed by atoms with Gasteiger partial charge in [0, 0.05) is 0 Å². The summed E-state index contributed by atoms with van der Waals surface area (Å²) in [5.41, 5.74) is 5.94. The molecule has 0 aromatic heterocycles. The summed E-state index contributed by atoms with van der Waals surface area (Å²) in [5.74, 6) is 0. The van der Waals surface area contributed by atoms with Crippen LogP contribution in [0.5, 0.6) is 0 Å². The van der Waals surface area contributed by atoms with Gasteiger partial charge in [-0.2, -0.15) is 0 Å². The van der Waals surface area contributed by atoms with Crippen molar-refractivity contribution in [3.63, 3.8) is 0 Å². The van der Waals surface area contributed by atoms with Crippen LogP contribution in [0.2, 0.25) is 0 Å². The third kappa shape index (κ3) is 2.73. The summed E-state index contributed by atoms with van der Waals surface area (Å²) < 4.78 is 8.75. The molecule has 114 valence electrons. The molecule has 1 atom stereocenters. The second-order valence-corrected chi connectivity index (χ2v) is 28.5. The van der Waals surface area contributed by atoms with E-state index in [1.165, 1.54) is 7.16 Å². The fourth-order valence-corrected chi connectivity index (χ4v) is 35.0. The molecule has 0 radical (unpaired) electrons. The molecule has 3 rings (SSSR count). The van der Waals surface area contributed by atoms with Crippen molar-refractivity contribution in [2.24, 2.45) is 9.57 Å². The summed E-state index contributed by atoms with van der Waals surface area (Å²) in [6.07, 6.45) is 0. The Bertz CT molecular complexity index is 664.